The third-order valence-corrected chi connectivity index (χ3v) is 8.79. The van der Waals surface area contributed by atoms with E-state index in [1.165, 1.54) is 47.1 Å². The molecule has 0 saturated carbocycles. The molecule has 0 amide bonds. The third kappa shape index (κ3) is 8.23. The number of benzene rings is 6. The SMILES string of the molecule is CCCCCCOCc1ccc(N(c2ccc(C)cc2)c2ccc(-c3ccc(N(c4ccccc4)c4ccc(C)cc4)cc3)cc2)cc1. The van der Waals surface area contributed by atoms with Gasteiger partial charge in [0.1, 0.15) is 0 Å². The molecule has 48 heavy (non-hydrogen) atoms. The predicted molar refractivity (Wildman–Crippen MR) is 205 cm³/mol. The molecule has 6 aromatic rings. The Kier molecular flexibility index (Phi) is 11.0. The molecule has 6 rings (SSSR count). The molecule has 0 saturated heterocycles. The number of unbranched alkanes of at least 4 members (excludes halogenated alkanes) is 3. The molecule has 0 unspecified atom stereocenters. The van der Waals surface area contributed by atoms with Gasteiger partial charge in [0.25, 0.3) is 0 Å². The van der Waals surface area contributed by atoms with Crippen molar-refractivity contribution in [3.05, 3.63) is 168 Å². The summed E-state index contributed by atoms with van der Waals surface area (Å²) in [6, 6.07) is 54.5. The van der Waals surface area contributed by atoms with E-state index in [1.807, 2.05) is 0 Å². The lowest BCUT2D eigenvalue weighted by Crippen LogP contribution is -2.10. The van der Waals surface area contributed by atoms with E-state index in [2.05, 4.69) is 182 Å². The minimum atomic E-state index is 0.651. The van der Waals surface area contributed by atoms with Gasteiger partial charge in [-0.25, -0.2) is 0 Å². The predicted octanol–water partition coefficient (Wildman–Crippen LogP) is 13.0. The molecule has 0 N–H and O–H groups in total. The summed E-state index contributed by atoms with van der Waals surface area (Å²) in [6.45, 7) is 7.97. The zero-order chi connectivity index (χ0) is 33.1. The largest absolute Gasteiger partial charge is 0.377 e. The van der Waals surface area contributed by atoms with Gasteiger partial charge < -0.3 is 14.5 Å². The normalized spacial score (nSPS) is 11.0. The molecule has 0 aliphatic rings. The third-order valence-electron chi connectivity index (χ3n) is 8.79. The molecule has 0 atom stereocenters. The summed E-state index contributed by atoms with van der Waals surface area (Å²) in [5.41, 5.74) is 12.8. The van der Waals surface area contributed by atoms with E-state index in [-0.39, 0.29) is 0 Å². The summed E-state index contributed by atoms with van der Waals surface area (Å²) < 4.78 is 5.96. The van der Waals surface area contributed by atoms with Crippen molar-refractivity contribution < 1.29 is 4.74 Å². The number of rotatable bonds is 14. The van der Waals surface area contributed by atoms with Crippen LogP contribution in [0.15, 0.2) is 152 Å². The van der Waals surface area contributed by atoms with Crippen molar-refractivity contribution in [1.82, 2.24) is 0 Å². The maximum atomic E-state index is 5.96. The number of hydrogen-bond acceptors (Lipinski definition) is 3. The molecule has 0 aliphatic heterocycles. The Morgan fingerprint density at radius 3 is 1.25 bits per heavy atom. The Labute approximate surface area is 287 Å². The number of aryl methyl sites for hydroxylation is 2. The van der Waals surface area contributed by atoms with Crippen LogP contribution in [0.4, 0.5) is 34.1 Å². The topological polar surface area (TPSA) is 15.7 Å². The average Bonchev–Trinajstić information content (AvgIpc) is 3.13. The van der Waals surface area contributed by atoms with E-state index in [0.717, 1.165) is 47.2 Å². The first-order chi connectivity index (χ1) is 23.6. The van der Waals surface area contributed by atoms with Gasteiger partial charge >= 0.3 is 0 Å². The minimum absolute atomic E-state index is 0.651. The van der Waals surface area contributed by atoms with Crippen LogP contribution in [0.5, 0.6) is 0 Å². The number of anilines is 6. The van der Waals surface area contributed by atoms with E-state index in [1.54, 1.807) is 0 Å². The second kappa shape index (κ2) is 16.1. The van der Waals surface area contributed by atoms with Crippen molar-refractivity contribution >= 4 is 34.1 Å². The zero-order valence-corrected chi connectivity index (χ0v) is 28.5. The summed E-state index contributed by atoms with van der Waals surface area (Å²) in [5, 5.41) is 0. The quantitative estimate of drug-likeness (QED) is 0.111. The van der Waals surface area contributed by atoms with Crippen LogP contribution in [0.3, 0.4) is 0 Å². The van der Waals surface area contributed by atoms with Crippen LogP contribution in [0.2, 0.25) is 0 Å². The molecule has 6 aromatic carbocycles. The van der Waals surface area contributed by atoms with E-state index in [4.69, 9.17) is 4.74 Å². The van der Waals surface area contributed by atoms with Gasteiger partial charge in [-0.2, -0.15) is 0 Å². The van der Waals surface area contributed by atoms with Crippen LogP contribution >= 0.6 is 0 Å². The Hall–Kier alpha value is -5.12. The fourth-order valence-electron chi connectivity index (χ4n) is 6.03. The molecule has 0 aromatic heterocycles. The molecule has 0 bridgehead atoms. The Morgan fingerprint density at radius 2 is 0.812 bits per heavy atom. The lowest BCUT2D eigenvalue weighted by Gasteiger charge is -2.26. The highest BCUT2D eigenvalue weighted by Crippen LogP contribution is 2.38. The van der Waals surface area contributed by atoms with E-state index in [9.17, 15) is 0 Å². The van der Waals surface area contributed by atoms with E-state index >= 15 is 0 Å². The number of nitrogens with zero attached hydrogens (tertiary/aromatic N) is 2. The van der Waals surface area contributed by atoms with Crippen LogP contribution in [0.1, 0.15) is 49.3 Å². The van der Waals surface area contributed by atoms with Crippen molar-refractivity contribution in [2.45, 2.75) is 53.1 Å². The van der Waals surface area contributed by atoms with Gasteiger partial charge in [0.05, 0.1) is 6.61 Å². The molecule has 3 nitrogen and oxygen atoms in total. The van der Waals surface area contributed by atoms with Crippen LogP contribution in [-0.4, -0.2) is 6.61 Å². The minimum Gasteiger partial charge on any atom is -0.377 e. The van der Waals surface area contributed by atoms with Gasteiger partial charge in [0.15, 0.2) is 0 Å². The van der Waals surface area contributed by atoms with Crippen molar-refractivity contribution in [3.8, 4) is 11.1 Å². The van der Waals surface area contributed by atoms with Crippen molar-refractivity contribution in [2.75, 3.05) is 16.4 Å². The van der Waals surface area contributed by atoms with Crippen molar-refractivity contribution in [1.29, 1.82) is 0 Å². The van der Waals surface area contributed by atoms with E-state index in [0.29, 0.717) is 6.61 Å². The monoisotopic (exact) mass is 630 g/mol. The first kappa shape index (κ1) is 32.8. The molecule has 0 spiro atoms. The first-order valence-corrected chi connectivity index (χ1v) is 17.2. The number of ether oxygens (including phenoxy) is 1. The standard InChI is InChI=1S/C45H46N2O/c1-4-5-6-10-33-48-34-37-17-27-43(28-18-37)47(42-25-15-36(3)16-26-42)45-31-21-39(22-32-45)38-19-29-44(30-20-38)46(40-11-8-7-9-12-40)41-23-13-35(2)14-24-41/h7-9,11-32H,4-6,10,33-34H2,1-3H3. The molecule has 0 aliphatic carbocycles. The number of para-hydroxylation sites is 1. The summed E-state index contributed by atoms with van der Waals surface area (Å²) >= 11 is 0. The Balaban J connectivity index is 1.22. The van der Waals surface area contributed by atoms with Gasteiger partial charge in [0, 0.05) is 40.7 Å². The maximum absolute atomic E-state index is 5.96. The van der Waals surface area contributed by atoms with Gasteiger partial charge in [0.2, 0.25) is 0 Å². The smallest absolute Gasteiger partial charge is 0.0716 e. The second-order valence-corrected chi connectivity index (χ2v) is 12.6. The van der Waals surface area contributed by atoms with Crippen molar-refractivity contribution in [2.24, 2.45) is 0 Å². The zero-order valence-electron chi connectivity index (χ0n) is 28.5. The van der Waals surface area contributed by atoms with Gasteiger partial charge in [-0.1, -0.05) is 116 Å². The summed E-state index contributed by atoms with van der Waals surface area (Å²) in [7, 11) is 0. The van der Waals surface area contributed by atoms with Gasteiger partial charge in [-0.15, -0.1) is 0 Å². The van der Waals surface area contributed by atoms with Gasteiger partial charge in [-0.3, -0.25) is 0 Å². The van der Waals surface area contributed by atoms with Crippen LogP contribution in [0, 0.1) is 13.8 Å². The summed E-state index contributed by atoms with van der Waals surface area (Å²) in [5.74, 6) is 0. The molecule has 0 radical (unpaired) electrons. The molecule has 242 valence electrons. The average molecular weight is 631 g/mol. The lowest BCUT2D eigenvalue weighted by molar-refractivity contribution is 0.117. The van der Waals surface area contributed by atoms with Crippen LogP contribution in [-0.2, 0) is 11.3 Å². The van der Waals surface area contributed by atoms with E-state index < -0.39 is 0 Å². The molecular formula is C45H46N2O. The fraction of sp³-hybridized carbons (Fsp3) is 0.200. The maximum Gasteiger partial charge on any atom is 0.0716 e. The Morgan fingerprint density at radius 1 is 0.417 bits per heavy atom. The first-order valence-electron chi connectivity index (χ1n) is 17.2. The highest BCUT2D eigenvalue weighted by molar-refractivity contribution is 5.80. The molecule has 0 fully saturated rings. The van der Waals surface area contributed by atoms with Crippen LogP contribution in [0.25, 0.3) is 11.1 Å². The highest BCUT2D eigenvalue weighted by atomic mass is 16.5. The van der Waals surface area contributed by atoms with Crippen molar-refractivity contribution in [3.63, 3.8) is 0 Å². The summed E-state index contributed by atoms with van der Waals surface area (Å²) in [4.78, 5) is 4.62. The van der Waals surface area contributed by atoms with Crippen LogP contribution < -0.4 is 9.80 Å². The van der Waals surface area contributed by atoms with Gasteiger partial charge in [-0.05, 0) is 110 Å². The second-order valence-electron chi connectivity index (χ2n) is 12.6. The molecule has 0 heterocycles. The summed E-state index contributed by atoms with van der Waals surface area (Å²) in [6.07, 6.45) is 4.90. The molecular weight excluding hydrogens is 585 g/mol. The Bertz CT molecular complexity index is 1830. The lowest BCUT2D eigenvalue weighted by atomic mass is 10.0. The molecule has 3 heteroatoms. The highest BCUT2D eigenvalue weighted by Gasteiger charge is 2.15. The number of hydrogen-bond donors (Lipinski definition) is 0. The fourth-order valence-corrected chi connectivity index (χ4v) is 6.03.